The van der Waals surface area contributed by atoms with Crippen LogP contribution >= 0.6 is 0 Å². The van der Waals surface area contributed by atoms with Crippen molar-refractivity contribution in [2.45, 2.75) is 6.61 Å². The standard InChI is InChI=1S/C21H17N3O4/c25-21(23-22-14-17-10-4-6-12-19(17)24(26)27)18-11-5-7-13-20(18)28-15-16-8-2-1-3-9-16/h1-14H,15H2,(H,23,25). The van der Waals surface area contributed by atoms with E-state index in [1.165, 1.54) is 12.3 Å². The predicted molar refractivity (Wildman–Crippen MR) is 105 cm³/mol. The lowest BCUT2D eigenvalue weighted by Crippen LogP contribution is -2.18. The highest BCUT2D eigenvalue weighted by molar-refractivity contribution is 5.97. The molecular weight excluding hydrogens is 358 g/mol. The molecular formula is C21H17N3O4. The quantitative estimate of drug-likeness (QED) is 0.384. The Bertz CT molecular complexity index is 1000. The number of amides is 1. The van der Waals surface area contributed by atoms with Crippen molar-refractivity contribution in [3.05, 3.63) is 106 Å². The average Bonchev–Trinajstić information content (AvgIpc) is 2.73. The molecule has 1 amide bonds. The fourth-order valence-electron chi connectivity index (χ4n) is 2.50. The molecule has 0 saturated heterocycles. The molecule has 3 aromatic rings. The summed E-state index contributed by atoms with van der Waals surface area (Å²) in [6.07, 6.45) is 1.24. The zero-order valence-electron chi connectivity index (χ0n) is 14.8. The number of para-hydroxylation sites is 2. The maximum Gasteiger partial charge on any atom is 0.278 e. The predicted octanol–water partition coefficient (Wildman–Crippen LogP) is 3.94. The SMILES string of the molecule is O=C(NN=Cc1ccccc1[N+](=O)[O-])c1ccccc1OCc1ccccc1. The Morgan fingerprint density at radius 1 is 1.00 bits per heavy atom. The van der Waals surface area contributed by atoms with Gasteiger partial charge in [-0.3, -0.25) is 14.9 Å². The number of hydrogen-bond donors (Lipinski definition) is 1. The summed E-state index contributed by atoms with van der Waals surface area (Å²) in [7, 11) is 0. The Morgan fingerprint density at radius 3 is 2.46 bits per heavy atom. The van der Waals surface area contributed by atoms with Crippen molar-refractivity contribution < 1.29 is 14.5 Å². The van der Waals surface area contributed by atoms with Gasteiger partial charge in [-0.05, 0) is 23.8 Å². The topological polar surface area (TPSA) is 93.8 Å². The highest BCUT2D eigenvalue weighted by atomic mass is 16.6. The van der Waals surface area contributed by atoms with Crippen LogP contribution in [0.1, 0.15) is 21.5 Å². The van der Waals surface area contributed by atoms with Crippen molar-refractivity contribution in [1.29, 1.82) is 0 Å². The van der Waals surface area contributed by atoms with Crippen LogP contribution < -0.4 is 10.2 Å². The van der Waals surface area contributed by atoms with Crippen LogP contribution in [0.25, 0.3) is 0 Å². The molecule has 0 aliphatic rings. The van der Waals surface area contributed by atoms with Crippen LogP contribution in [-0.2, 0) is 6.61 Å². The van der Waals surface area contributed by atoms with E-state index in [1.807, 2.05) is 30.3 Å². The van der Waals surface area contributed by atoms with Gasteiger partial charge in [0.05, 0.1) is 22.3 Å². The van der Waals surface area contributed by atoms with E-state index in [0.29, 0.717) is 23.5 Å². The van der Waals surface area contributed by atoms with Crippen molar-refractivity contribution in [2.75, 3.05) is 0 Å². The number of nitro benzene ring substituents is 1. The molecule has 0 aliphatic carbocycles. The summed E-state index contributed by atoms with van der Waals surface area (Å²) in [6, 6.07) is 22.5. The molecule has 0 aliphatic heterocycles. The van der Waals surface area contributed by atoms with Crippen LogP contribution in [0.3, 0.4) is 0 Å². The number of nitro groups is 1. The van der Waals surface area contributed by atoms with E-state index in [4.69, 9.17) is 4.74 Å². The second-order valence-electron chi connectivity index (χ2n) is 5.79. The Morgan fingerprint density at radius 2 is 1.68 bits per heavy atom. The minimum Gasteiger partial charge on any atom is -0.488 e. The molecule has 0 radical (unpaired) electrons. The molecule has 0 heterocycles. The number of rotatable bonds is 7. The molecule has 0 fully saturated rings. The number of benzene rings is 3. The van der Waals surface area contributed by atoms with E-state index in [9.17, 15) is 14.9 Å². The highest BCUT2D eigenvalue weighted by Gasteiger charge is 2.13. The van der Waals surface area contributed by atoms with Gasteiger partial charge in [-0.2, -0.15) is 5.10 Å². The fraction of sp³-hybridized carbons (Fsp3) is 0.0476. The number of carbonyl (C=O) groups is 1. The van der Waals surface area contributed by atoms with Gasteiger partial charge in [0.25, 0.3) is 11.6 Å². The molecule has 0 saturated carbocycles. The van der Waals surface area contributed by atoms with Crippen LogP contribution in [0.2, 0.25) is 0 Å². The molecule has 140 valence electrons. The molecule has 0 spiro atoms. The Kier molecular flexibility index (Phi) is 6.10. The third-order valence-corrected chi connectivity index (χ3v) is 3.87. The van der Waals surface area contributed by atoms with Crippen molar-refractivity contribution in [2.24, 2.45) is 5.10 Å². The number of hydrazone groups is 1. The monoisotopic (exact) mass is 375 g/mol. The zero-order valence-corrected chi connectivity index (χ0v) is 14.8. The second kappa shape index (κ2) is 9.09. The van der Waals surface area contributed by atoms with Crippen molar-refractivity contribution in [3.8, 4) is 5.75 Å². The number of nitrogens with one attached hydrogen (secondary N) is 1. The number of nitrogens with zero attached hydrogens (tertiary/aromatic N) is 2. The van der Waals surface area contributed by atoms with Gasteiger partial charge in [-0.15, -0.1) is 0 Å². The first-order chi connectivity index (χ1) is 13.6. The zero-order chi connectivity index (χ0) is 19.8. The van der Waals surface area contributed by atoms with Crippen molar-refractivity contribution >= 4 is 17.8 Å². The molecule has 0 atom stereocenters. The molecule has 1 N–H and O–H groups in total. The number of hydrogen-bond acceptors (Lipinski definition) is 5. The Balaban J connectivity index is 1.69. The normalized spacial score (nSPS) is 10.6. The summed E-state index contributed by atoms with van der Waals surface area (Å²) in [5, 5.41) is 14.8. The Labute approximate surface area is 161 Å². The van der Waals surface area contributed by atoms with Gasteiger partial charge in [0.15, 0.2) is 0 Å². The first-order valence-electron chi connectivity index (χ1n) is 8.48. The van der Waals surface area contributed by atoms with E-state index < -0.39 is 10.8 Å². The van der Waals surface area contributed by atoms with Gasteiger partial charge in [0, 0.05) is 6.07 Å². The van der Waals surface area contributed by atoms with Crippen LogP contribution in [0.15, 0.2) is 84.0 Å². The first kappa shape index (κ1) is 18.8. The third-order valence-electron chi connectivity index (χ3n) is 3.87. The second-order valence-corrected chi connectivity index (χ2v) is 5.79. The smallest absolute Gasteiger partial charge is 0.278 e. The molecule has 3 rings (SSSR count). The molecule has 7 nitrogen and oxygen atoms in total. The lowest BCUT2D eigenvalue weighted by atomic mass is 10.2. The molecule has 7 heteroatoms. The van der Waals surface area contributed by atoms with E-state index in [0.717, 1.165) is 5.56 Å². The van der Waals surface area contributed by atoms with Crippen LogP contribution in [0, 0.1) is 10.1 Å². The van der Waals surface area contributed by atoms with E-state index >= 15 is 0 Å². The van der Waals surface area contributed by atoms with Gasteiger partial charge in [0.2, 0.25) is 0 Å². The van der Waals surface area contributed by atoms with Crippen molar-refractivity contribution in [3.63, 3.8) is 0 Å². The first-order valence-corrected chi connectivity index (χ1v) is 8.48. The van der Waals surface area contributed by atoms with Gasteiger partial charge in [0.1, 0.15) is 12.4 Å². The van der Waals surface area contributed by atoms with Gasteiger partial charge < -0.3 is 4.74 Å². The maximum atomic E-state index is 12.4. The van der Waals surface area contributed by atoms with E-state index in [2.05, 4.69) is 10.5 Å². The Hall–Kier alpha value is -4.00. The van der Waals surface area contributed by atoms with Crippen LogP contribution in [0.4, 0.5) is 5.69 Å². The summed E-state index contributed by atoms with van der Waals surface area (Å²) in [6.45, 7) is 0.324. The van der Waals surface area contributed by atoms with Gasteiger partial charge in [-0.1, -0.05) is 54.6 Å². The molecule has 0 unspecified atom stereocenters. The van der Waals surface area contributed by atoms with Crippen LogP contribution in [-0.4, -0.2) is 17.0 Å². The lowest BCUT2D eigenvalue weighted by Gasteiger charge is -2.10. The minimum atomic E-state index is -0.504. The van der Waals surface area contributed by atoms with Crippen molar-refractivity contribution in [1.82, 2.24) is 5.43 Å². The summed E-state index contributed by atoms with van der Waals surface area (Å²) in [5.74, 6) is -0.0526. The largest absolute Gasteiger partial charge is 0.488 e. The molecule has 3 aromatic carbocycles. The summed E-state index contributed by atoms with van der Waals surface area (Å²) in [4.78, 5) is 23.0. The summed E-state index contributed by atoms with van der Waals surface area (Å²) < 4.78 is 5.76. The lowest BCUT2D eigenvalue weighted by molar-refractivity contribution is -0.385. The van der Waals surface area contributed by atoms with E-state index in [-0.39, 0.29) is 5.69 Å². The van der Waals surface area contributed by atoms with Crippen LogP contribution in [0.5, 0.6) is 5.75 Å². The number of ether oxygens (including phenoxy) is 1. The molecule has 28 heavy (non-hydrogen) atoms. The maximum absolute atomic E-state index is 12.4. The van der Waals surface area contributed by atoms with Gasteiger partial charge in [-0.25, -0.2) is 5.43 Å². The van der Waals surface area contributed by atoms with E-state index in [1.54, 1.807) is 42.5 Å². The third kappa shape index (κ3) is 4.79. The fourth-order valence-corrected chi connectivity index (χ4v) is 2.50. The average molecular weight is 375 g/mol. The summed E-state index contributed by atoms with van der Waals surface area (Å²) in [5.41, 5.74) is 3.88. The van der Waals surface area contributed by atoms with Gasteiger partial charge >= 0.3 is 0 Å². The molecule has 0 aromatic heterocycles. The molecule has 0 bridgehead atoms. The highest BCUT2D eigenvalue weighted by Crippen LogP contribution is 2.19. The summed E-state index contributed by atoms with van der Waals surface area (Å²) >= 11 is 0. The number of carbonyl (C=O) groups excluding carboxylic acids is 1. The minimum absolute atomic E-state index is 0.0907.